The monoisotopic (exact) mass is 320 g/mol. The Morgan fingerprint density at radius 1 is 1.39 bits per heavy atom. The number of nitro benzene ring substituents is 1. The second-order valence-electron chi connectivity index (χ2n) is 4.01. The average molecular weight is 320 g/mol. The predicted octanol–water partition coefficient (Wildman–Crippen LogP) is -1.08. The molecule has 0 aliphatic heterocycles. The van der Waals surface area contributed by atoms with Crippen molar-refractivity contribution >= 4 is 24.2 Å². The van der Waals surface area contributed by atoms with Gasteiger partial charge in [0.15, 0.2) is 0 Å². The van der Waals surface area contributed by atoms with Gasteiger partial charge in [0.1, 0.15) is 0 Å². The normalized spacial score (nSPS) is 11.8. The first-order chi connectivity index (χ1) is 8.12. The molecule has 0 fully saturated rings. The fourth-order valence-corrected chi connectivity index (χ4v) is 2.72. The topological polar surface area (TPSA) is 124 Å². The van der Waals surface area contributed by atoms with Crippen LogP contribution in [0.25, 0.3) is 0 Å². The summed E-state index contributed by atoms with van der Waals surface area (Å²) in [5.74, 6) is -0.568. The number of nitrogens with zero attached hydrogens (tertiary/aromatic N) is 2. The summed E-state index contributed by atoms with van der Waals surface area (Å²) < 4.78 is 29.0. The van der Waals surface area contributed by atoms with Gasteiger partial charge in [-0.1, -0.05) is 0 Å². The fourth-order valence-electron chi connectivity index (χ4n) is 1.43. The van der Waals surface area contributed by atoms with E-state index in [1.165, 1.54) is 0 Å². The summed E-state index contributed by atoms with van der Waals surface area (Å²) in [7, 11) is 3.33. The molecule has 100 valence electrons. The van der Waals surface area contributed by atoms with Gasteiger partial charge in [-0.15, -0.1) is 0 Å². The molecule has 0 saturated carbocycles. The van der Waals surface area contributed by atoms with Crippen LogP contribution in [0.3, 0.4) is 0 Å². The summed E-state index contributed by atoms with van der Waals surface area (Å²) in [6, 6.07) is 1.82. The summed E-state index contributed by atoms with van der Waals surface area (Å²) in [6.07, 6.45) is 0. The van der Waals surface area contributed by atoms with Gasteiger partial charge in [-0.05, 0) is 0 Å². The molecule has 1 rings (SSSR count). The number of nitro groups is 1. The van der Waals surface area contributed by atoms with Gasteiger partial charge in [0.25, 0.3) is 0 Å². The molecule has 8 nitrogen and oxygen atoms in total. The Morgan fingerprint density at radius 3 is 2.33 bits per heavy atom. The van der Waals surface area contributed by atoms with E-state index in [-0.39, 0.29) is 12.1 Å². The number of hydrogen-bond acceptors (Lipinski definition) is 5. The van der Waals surface area contributed by atoms with E-state index in [9.17, 15) is 19.0 Å². The third-order valence-corrected chi connectivity index (χ3v) is 4.13. The molecule has 0 heterocycles. The number of rotatable bonds is 4. The number of hydrogen-bond donors (Lipinski definition) is 3. The maximum absolute atomic E-state index is 11.2. The number of benzene rings is 1. The molecule has 1 aromatic carbocycles. The summed E-state index contributed by atoms with van der Waals surface area (Å²) >= 11 is -5.25. The molecule has 0 bridgehead atoms. The van der Waals surface area contributed by atoms with Crippen LogP contribution < -0.4 is 4.35 Å². The Hall–Kier alpha value is -1.34. The van der Waals surface area contributed by atoms with E-state index < -0.39 is 34.9 Å². The SMILES string of the molecule is CN(C)Cc1cc([As](=O)(O)O)cc([N+](=O)[O-])c1O. The van der Waals surface area contributed by atoms with E-state index in [2.05, 4.69) is 0 Å². The molecule has 0 atom stereocenters. The molecule has 1 aromatic rings. The maximum atomic E-state index is 11.2. The average Bonchev–Trinajstić information content (AvgIpc) is 2.18. The molecule has 0 spiro atoms. The van der Waals surface area contributed by atoms with Gasteiger partial charge in [0.2, 0.25) is 0 Å². The number of phenols is 1. The van der Waals surface area contributed by atoms with Crippen molar-refractivity contribution in [3.63, 3.8) is 0 Å². The van der Waals surface area contributed by atoms with Crippen LogP contribution in [-0.2, 0) is 10.3 Å². The van der Waals surface area contributed by atoms with Crippen molar-refractivity contribution in [1.29, 1.82) is 0 Å². The molecule has 0 aliphatic carbocycles. The summed E-state index contributed by atoms with van der Waals surface area (Å²) in [4.78, 5) is 11.5. The quantitative estimate of drug-likeness (QED) is 0.366. The molecular formula is C9H13AsN2O6. The van der Waals surface area contributed by atoms with Crippen molar-refractivity contribution in [2.75, 3.05) is 14.1 Å². The van der Waals surface area contributed by atoms with Crippen LogP contribution in [0.4, 0.5) is 5.69 Å². The third kappa shape index (κ3) is 3.33. The number of phenolic OH excluding ortho intramolecular Hbond substituents is 1. The second-order valence-corrected chi connectivity index (χ2v) is 7.38. The first kappa shape index (κ1) is 14.7. The van der Waals surface area contributed by atoms with Gasteiger partial charge in [-0.2, -0.15) is 0 Å². The van der Waals surface area contributed by atoms with Crippen molar-refractivity contribution < 1.29 is 22.0 Å². The molecule has 0 aliphatic rings. The minimum atomic E-state index is -5.25. The predicted molar refractivity (Wildman–Crippen MR) is 62.7 cm³/mol. The summed E-state index contributed by atoms with van der Waals surface area (Å²) in [6.45, 7) is 0.135. The zero-order valence-electron chi connectivity index (χ0n) is 9.77. The Morgan fingerprint density at radius 2 is 1.94 bits per heavy atom. The van der Waals surface area contributed by atoms with E-state index in [0.717, 1.165) is 6.07 Å². The van der Waals surface area contributed by atoms with Crippen LogP contribution in [0.5, 0.6) is 5.75 Å². The molecule has 9 heteroatoms. The molecule has 0 amide bonds. The Bertz CT molecular complexity index is 524. The van der Waals surface area contributed by atoms with Crippen molar-refractivity contribution in [1.82, 2.24) is 4.90 Å². The van der Waals surface area contributed by atoms with Crippen molar-refractivity contribution in [2.45, 2.75) is 6.54 Å². The first-order valence-corrected chi connectivity index (χ1v) is 8.22. The molecule has 3 N–H and O–H groups in total. The molecule has 0 unspecified atom stereocenters. The van der Waals surface area contributed by atoms with Crippen LogP contribution in [0, 0.1) is 10.1 Å². The van der Waals surface area contributed by atoms with Crippen LogP contribution in [0.2, 0.25) is 0 Å². The van der Waals surface area contributed by atoms with E-state index in [1.807, 2.05) is 0 Å². The molecule has 18 heavy (non-hydrogen) atoms. The summed E-state index contributed by atoms with van der Waals surface area (Å²) in [5.41, 5.74) is -0.594. The van der Waals surface area contributed by atoms with Crippen LogP contribution in [-0.4, -0.2) is 51.4 Å². The van der Waals surface area contributed by atoms with Gasteiger partial charge in [-0.3, -0.25) is 0 Å². The zero-order chi connectivity index (χ0) is 14.1. The molecule has 0 radical (unpaired) electrons. The van der Waals surface area contributed by atoms with Crippen LogP contribution in [0.15, 0.2) is 12.1 Å². The standard InChI is InChI=1S/C9H13AsN2O6/c1-11(2)5-6-3-7(10(14,15)16)4-8(9(6)13)12(17)18/h3-4,13H,5H2,1-2H3,(H2,14,15,16). The van der Waals surface area contributed by atoms with Crippen LogP contribution in [0.1, 0.15) is 5.56 Å². The van der Waals surface area contributed by atoms with Crippen LogP contribution >= 0.6 is 0 Å². The van der Waals surface area contributed by atoms with Gasteiger partial charge >= 0.3 is 105 Å². The van der Waals surface area contributed by atoms with Crippen molar-refractivity contribution in [3.05, 3.63) is 27.8 Å². The molecular weight excluding hydrogens is 307 g/mol. The van der Waals surface area contributed by atoms with Gasteiger partial charge < -0.3 is 0 Å². The van der Waals surface area contributed by atoms with Crippen molar-refractivity contribution in [3.8, 4) is 5.75 Å². The Labute approximate surface area is 106 Å². The summed E-state index contributed by atoms with van der Waals surface area (Å²) in [5, 5.41) is 20.4. The first-order valence-electron chi connectivity index (χ1n) is 4.84. The fraction of sp³-hybridized carbons (Fsp3) is 0.333. The Balaban J connectivity index is 3.47. The zero-order valence-corrected chi connectivity index (χ0v) is 11.6. The minimum absolute atomic E-state index is 0.105. The van der Waals surface area contributed by atoms with E-state index in [0.29, 0.717) is 6.07 Å². The molecule has 0 saturated heterocycles. The van der Waals surface area contributed by atoms with E-state index in [1.54, 1.807) is 19.0 Å². The van der Waals surface area contributed by atoms with Crippen molar-refractivity contribution in [2.24, 2.45) is 0 Å². The van der Waals surface area contributed by atoms with E-state index in [4.69, 9.17) is 8.19 Å². The molecule has 0 aromatic heterocycles. The van der Waals surface area contributed by atoms with Gasteiger partial charge in [-0.25, -0.2) is 0 Å². The van der Waals surface area contributed by atoms with Gasteiger partial charge in [0.05, 0.1) is 0 Å². The number of aromatic hydroxyl groups is 1. The second kappa shape index (κ2) is 5.11. The Kier molecular flexibility index (Phi) is 4.18. The third-order valence-electron chi connectivity index (χ3n) is 2.17. The van der Waals surface area contributed by atoms with Gasteiger partial charge in [0, 0.05) is 0 Å². The van der Waals surface area contributed by atoms with E-state index >= 15 is 0 Å².